The third-order valence-corrected chi connectivity index (χ3v) is 6.35. The molecule has 168 valence electrons. The normalized spacial score (nSPS) is 23.5. The van der Waals surface area contributed by atoms with Gasteiger partial charge in [-0.15, -0.1) is 0 Å². The summed E-state index contributed by atoms with van der Waals surface area (Å²) in [4.78, 5) is 17.9. The summed E-state index contributed by atoms with van der Waals surface area (Å²) in [6, 6.07) is 1.16. The second-order valence-corrected chi connectivity index (χ2v) is 8.50. The molecular formula is C26H48N2O. The van der Waals surface area contributed by atoms with E-state index in [2.05, 4.69) is 42.7 Å². The molecule has 2 saturated carbocycles. The molecule has 0 radical (unpaired) electrons. The molecule has 3 rings (SSSR count). The van der Waals surface area contributed by atoms with Crippen molar-refractivity contribution in [2.45, 2.75) is 112 Å². The summed E-state index contributed by atoms with van der Waals surface area (Å²) in [6.07, 6.45) is 14.6. The van der Waals surface area contributed by atoms with Crippen LogP contribution in [0.2, 0.25) is 0 Å². The fourth-order valence-corrected chi connectivity index (χ4v) is 4.75. The molecule has 0 aromatic carbocycles. The highest BCUT2D eigenvalue weighted by atomic mass is 16.2. The molecule has 2 atom stereocenters. The summed E-state index contributed by atoms with van der Waals surface area (Å²) in [5, 5.41) is 0. The van der Waals surface area contributed by atoms with Crippen LogP contribution in [0.15, 0.2) is 23.3 Å². The average Bonchev–Trinajstić information content (AvgIpc) is 3.60. The number of piperidine rings is 1. The number of fused-ring (bicyclic) bond motifs is 1. The van der Waals surface area contributed by atoms with Gasteiger partial charge in [0.2, 0.25) is 5.91 Å². The number of amides is 1. The average molecular weight is 405 g/mol. The molecule has 0 spiro atoms. The van der Waals surface area contributed by atoms with Gasteiger partial charge in [0.1, 0.15) is 0 Å². The van der Waals surface area contributed by atoms with Crippen LogP contribution in [-0.4, -0.2) is 47.4 Å². The molecule has 3 nitrogen and oxygen atoms in total. The lowest BCUT2D eigenvalue weighted by Crippen LogP contribution is -2.52. The van der Waals surface area contributed by atoms with Crippen molar-refractivity contribution in [3.63, 3.8) is 0 Å². The molecule has 1 saturated heterocycles. The fraction of sp³-hybridized carbons (Fsp3) is 0.808. The Morgan fingerprint density at radius 3 is 2.14 bits per heavy atom. The van der Waals surface area contributed by atoms with Crippen molar-refractivity contribution in [3.05, 3.63) is 23.3 Å². The number of likely N-dealkylation sites (tertiary alicyclic amines) is 1. The number of allylic oxidation sites excluding steroid dienone is 2. The number of carbonyl (C=O) groups excluding carboxylic acids is 1. The Hall–Kier alpha value is -1.09. The van der Waals surface area contributed by atoms with Gasteiger partial charge in [-0.2, -0.15) is 0 Å². The van der Waals surface area contributed by atoms with Crippen LogP contribution in [0.25, 0.3) is 0 Å². The zero-order valence-corrected chi connectivity index (χ0v) is 20.5. The molecule has 0 bridgehead atoms. The molecule has 1 amide bonds. The maximum atomic E-state index is 13.2. The Kier molecular flexibility index (Phi) is 12.5. The van der Waals surface area contributed by atoms with Crippen molar-refractivity contribution in [2.24, 2.45) is 5.92 Å². The Morgan fingerprint density at radius 2 is 1.55 bits per heavy atom. The number of carbonyl (C=O) groups is 1. The van der Waals surface area contributed by atoms with Crippen molar-refractivity contribution in [1.82, 2.24) is 9.80 Å². The van der Waals surface area contributed by atoms with E-state index in [1.54, 1.807) is 0 Å². The van der Waals surface area contributed by atoms with Crippen molar-refractivity contribution < 1.29 is 4.79 Å². The summed E-state index contributed by atoms with van der Waals surface area (Å²) in [7, 11) is 0. The largest absolute Gasteiger partial charge is 0.338 e. The Morgan fingerprint density at radius 1 is 0.931 bits per heavy atom. The molecule has 29 heavy (non-hydrogen) atoms. The van der Waals surface area contributed by atoms with E-state index in [1.165, 1.54) is 62.5 Å². The molecule has 2 aliphatic carbocycles. The van der Waals surface area contributed by atoms with Gasteiger partial charge in [0, 0.05) is 25.2 Å². The van der Waals surface area contributed by atoms with E-state index < -0.39 is 0 Å². The lowest BCUT2D eigenvalue weighted by atomic mass is 9.78. The predicted molar refractivity (Wildman–Crippen MR) is 127 cm³/mol. The van der Waals surface area contributed by atoms with Crippen LogP contribution in [0, 0.1) is 5.92 Å². The first kappa shape index (κ1) is 25.9. The Balaban J connectivity index is 0.000000989. The van der Waals surface area contributed by atoms with Gasteiger partial charge in [0.05, 0.1) is 6.54 Å². The molecule has 1 heterocycles. The first-order valence-electron chi connectivity index (χ1n) is 12.4. The van der Waals surface area contributed by atoms with Crippen LogP contribution in [0.4, 0.5) is 0 Å². The number of hydrogen-bond acceptors (Lipinski definition) is 2. The summed E-state index contributed by atoms with van der Waals surface area (Å²) in [6.45, 7) is 17.0. The van der Waals surface area contributed by atoms with Gasteiger partial charge in [-0.05, 0) is 70.8 Å². The van der Waals surface area contributed by atoms with E-state index in [1.807, 2.05) is 27.7 Å². The van der Waals surface area contributed by atoms with E-state index in [0.717, 1.165) is 19.0 Å². The molecule has 0 aromatic rings. The van der Waals surface area contributed by atoms with Crippen LogP contribution in [0.1, 0.15) is 99.8 Å². The summed E-state index contributed by atoms with van der Waals surface area (Å²) < 4.78 is 0. The Bertz CT molecular complexity index is 527. The zero-order chi connectivity index (χ0) is 21.8. The first-order valence-corrected chi connectivity index (χ1v) is 12.4. The van der Waals surface area contributed by atoms with Gasteiger partial charge in [-0.1, -0.05) is 58.3 Å². The van der Waals surface area contributed by atoms with Gasteiger partial charge in [-0.3, -0.25) is 9.69 Å². The Labute approximate surface area is 181 Å². The minimum absolute atomic E-state index is 0.386. The third-order valence-electron chi connectivity index (χ3n) is 6.35. The number of rotatable bonds is 6. The standard InChI is InChI=1S/C22H36N2O.2C2H6/c1-4-8-19(17(2)3)15-23(20-12-13-20)16-22(25)24-14-7-10-18-9-5-6-11-21(18)24;2*1-2/h4,8,18,20-21H,5-7,9-16H2,1-3H3;2*1-2H3/b8-4-;;. The highest BCUT2D eigenvalue weighted by Crippen LogP contribution is 2.36. The van der Waals surface area contributed by atoms with E-state index in [4.69, 9.17) is 0 Å². The van der Waals surface area contributed by atoms with Crippen molar-refractivity contribution in [1.29, 1.82) is 0 Å². The lowest BCUT2D eigenvalue weighted by molar-refractivity contribution is -0.138. The van der Waals surface area contributed by atoms with Gasteiger partial charge in [-0.25, -0.2) is 0 Å². The monoisotopic (exact) mass is 404 g/mol. The minimum Gasteiger partial charge on any atom is -0.338 e. The van der Waals surface area contributed by atoms with Gasteiger partial charge >= 0.3 is 0 Å². The fourth-order valence-electron chi connectivity index (χ4n) is 4.75. The predicted octanol–water partition coefficient (Wildman–Crippen LogP) is 6.60. The molecule has 3 heteroatoms. The molecule has 1 aliphatic heterocycles. The topological polar surface area (TPSA) is 23.6 Å². The van der Waals surface area contributed by atoms with Crippen molar-refractivity contribution in [3.8, 4) is 0 Å². The number of nitrogens with zero attached hydrogens (tertiary/aromatic N) is 2. The van der Waals surface area contributed by atoms with E-state index in [0.29, 0.717) is 24.5 Å². The van der Waals surface area contributed by atoms with Crippen molar-refractivity contribution in [2.75, 3.05) is 19.6 Å². The highest BCUT2D eigenvalue weighted by Gasteiger charge is 2.37. The molecule has 0 aromatic heterocycles. The SMILES string of the molecule is C/C=C\C(CN(CC(=O)N1CCCC2CCCCC21)C1CC1)=C(C)C.CC.CC. The van der Waals surface area contributed by atoms with Gasteiger partial charge < -0.3 is 4.90 Å². The maximum absolute atomic E-state index is 13.2. The third kappa shape index (κ3) is 7.92. The zero-order valence-electron chi connectivity index (χ0n) is 20.5. The minimum atomic E-state index is 0.386. The van der Waals surface area contributed by atoms with Crippen LogP contribution < -0.4 is 0 Å². The quantitative estimate of drug-likeness (QED) is 0.466. The maximum Gasteiger partial charge on any atom is 0.237 e. The summed E-state index contributed by atoms with van der Waals surface area (Å²) in [5.74, 6) is 1.16. The molecular weight excluding hydrogens is 356 g/mol. The van der Waals surface area contributed by atoms with E-state index in [9.17, 15) is 4.79 Å². The molecule has 0 N–H and O–H groups in total. The van der Waals surface area contributed by atoms with E-state index in [-0.39, 0.29) is 0 Å². The van der Waals surface area contributed by atoms with Gasteiger partial charge in [0.15, 0.2) is 0 Å². The lowest BCUT2D eigenvalue weighted by Gasteiger charge is -2.44. The van der Waals surface area contributed by atoms with Crippen LogP contribution in [-0.2, 0) is 4.79 Å². The van der Waals surface area contributed by atoms with Crippen LogP contribution in [0.5, 0.6) is 0 Å². The van der Waals surface area contributed by atoms with Gasteiger partial charge in [0.25, 0.3) is 0 Å². The summed E-state index contributed by atoms with van der Waals surface area (Å²) >= 11 is 0. The van der Waals surface area contributed by atoms with Crippen LogP contribution in [0.3, 0.4) is 0 Å². The van der Waals surface area contributed by atoms with Crippen molar-refractivity contribution >= 4 is 5.91 Å². The second-order valence-electron chi connectivity index (χ2n) is 8.50. The molecule has 2 unspecified atom stereocenters. The molecule has 3 aliphatic rings. The number of hydrogen-bond donors (Lipinski definition) is 0. The second kappa shape index (κ2) is 14.0. The van der Waals surface area contributed by atoms with E-state index >= 15 is 0 Å². The molecule has 3 fully saturated rings. The smallest absolute Gasteiger partial charge is 0.237 e. The van der Waals surface area contributed by atoms with Crippen LogP contribution >= 0.6 is 0 Å². The summed E-state index contributed by atoms with van der Waals surface area (Å²) in [5.41, 5.74) is 2.73. The first-order chi connectivity index (χ1) is 14.1. The highest BCUT2D eigenvalue weighted by molar-refractivity contribution is 5.79.